The van der Waals surface area contributed by atoms with Crippen LogP contribution in [0.3, 0.4) is 0 Å². The van der Waals surface area contributed by atoms with Gasteiger partial charge in [-0.3, -0.25) is 0 Å². The van der Waals surface area contributed by atoms with E-state index in [0.29, 0.717) is 19.2 Å². The predicted molar refractivity (Wildman–Crippen MR) is 49.3 cm³/mol. The van der Waals surface area contributed by atoms with Gasteiger partial charge in [0.05, 0.1) is 11.6 Å². The summed E-state index contributed by atoms with van der Waals surface area (Å²) >= 11 is 3.28. The van der Waals surface area contributed by atoms with Crippen LogP contribution in [0.2, 0.25) is 0 Å². The van der Waals surface area contributed by atoms with Crippen molar-refractivity contribution in [1.82, 2.24) is 0 Å². The van der Waals surface area contributed by atoms with Crippen LogP contribution in [0.25, 0.3) is 0 Å². The normalized spacial score (nSPS) is 9.25. The first-order valence-corrected chi connectivity index (χ1v) is 4.04. The Morgan fingerprint density at radius 3 is 2.83 bits per heavy atom. The Bertz CT molecular complexity index is 267. The van der Waals surface area contributed by atoms with E-state index in [1.165, 1.54) is 7.11 Å². The Labute approximate surface area is 79.7 Å². The second-order valence-corrected chi connectivity index (χ2v) is 2.85. The van der Waals surface area contributed by atoms with E-state index in [1.54, 1.807) is 12.1 Å². The standard InChI is InChI=1S/C7H7BBrO3/c1-11-7-5(9)3-2-4-6(7)12-8-10/h2-4,10H,1H3. The van der Waals surface area contributed by atoms with Gasteiger partial charge in [-0.1, -0.05) is 6.07 Å². The molecular formula is C7H7BBrO3. The molecule has 1 radical (unpaired) electrons. The second kappa shape index (κ2) is 4.38. The van der Waals surface area contributed by atoms with Gasteiger partial charge in [-0.2, -0.15) is 0 Å². The third-order valence-corrected chi connectivity index (χ3v) is 1.94. The average Bonchev–Trinajstić information content (AvgIpc) is 2.05. The molecule has 0 atom stereocenters. The van der Waals surface area contributed by atoms with Gasteiger partial charge in [-0.25, -0.2) is 0 Å². The summed E-state index contributed by atoms with van der Waals surface area (Å²) in [5, 5.41) is 8.41. The lowest BCUT2D eigenvalue weighted by atomic mass is 10.3. The maximum Gasteiger partial charge on any atom is 0.569 e. The molecule has 1 aromatic carbocycles. The van der Waals surface area contributed by atoms with Crippen molar-refractivity contribution in [2.75, 3.05) is 7.11 Å². The molecule has 0 aromatic heterocycles. The summed E-state index contributed by atoms with van der Waals surface area (Å²) in [6.07, 6.45) is 0. The molecule has 63 valence electrons. The summed E-state index contributed by atoms with van der Waals surface area (Å²) in [5.74, 6) is 1.03. The molecule has 0 aliphatic rings. The predicted octanol–water partition coefficient (Wildman–Crippen LogP) is 1.36. The molecule has 0 amide bonds. The fraction of sp³-hybridized carbons (Fsp3) is 0.143. The number of rotatable bonds is 3. The van der Waals surface area contributed by atoms with E-state index in [1.807, 2.05) is 6.07 Å². The zero-order valence-electron chi connectivity index (χ0n) is 6.45. The Morgan fingerprint density at radius 2 is 2.25 bits per heavy atom. The molecule has 3 nitrogen and oxygen atoms in total. The molecule has 1 aromatic rings. The van der Waals surface area contributed by atoms with Gasteiger partial charge in [-0.15, -0.1) is 0 Å². The van der Waals surface area contributed by atoms with Crippen molar-refractivity contribution in [2.45, 2.75) is 0 Å². The molecule has 0 bridgehead atoms. The summed E-state index contributed by atoms with van der Waals surface area (Å²) in [4.78, 5) is 0. The third kappa shape index (κ3) is 1.92. The Hall–Kier alpha value is -0.675. The molecule has 0 aliphatic carbocycles. The minimum Gasteiger partial charge on any atom is -0.535 e. The quantitative estimate of drug-likeness (QED) is 0.796. The lowest BCUT2D eigenvalue weighted by Gasteiger charge is -2.08. The van der Waals surface area contributed by atoms with Gasteiger partial charge in [0.15, 0.2) is 5.75 Å². The highest BCUT2D eigenvalue weighted by Crippen LogP contribution is 2.34. The molecule has 0 unspecified atom stereocenters. The summed E-state index contributed by atoms with van der Waals surface area (Å²) < 4.78 is 10.6. The van der Waals surface area contributed by atoms with E-state index in [-0.39, 0.29) is 0 Å². The van der Waals surface area contributed by atoms with Crippen molar-refractivity contribution in [3.63, 3.8) is 0 Å². The zero-order valence-corrected chi connectivity index (χ0v) is 8.04. The highest BCUT2D eigenvalue weighted by molar-refractivity contribution is 9.10. The van der Waals surface area contributed by atoms with Crippen LogP contribution in [-0.4, -0.2) is 19.8 Å². The fourth-order valence-corrected chi connectivity index (χ4v) is 1.35. The molecule has 12 heavy (non-hydrogen) atoms. The van der Waals surface area contributed by atoms with Crippen LogP contribution in [0.5, 0.6) is 11.5 Å². The first-order chi connectivity index (χ1) is 5.79. The fourth-order valence-electron chi connectivity index (χ4n) is 0.837. The van der Waals surface area contributed by atoms with Crippen LogP contribution in [0.4, 0.5) is 0 Å². The summed E-state index contributed by atoms with van der Waals surface area (Å²) in [6, 6.07) is 5.30. The first kappa shape index (κ1) is 9.41. The molecule has 0 aliphatic heterocycles. The molecule has 0 fully saturated rings. The van der Waals surface area contributed by atoms with Crippen molar-refractivity contribution in [2.24, 2.45) is 0 Å². The van der Waals surface area contributed by atoms with Gasteiger partial charge in [0.25, 0.3) is 0 Å². The number of methoxy groups -OCH3 is 1. The zero-order chi connectivity index (χ0) is 8.97. The van der Waals surface area contributed by atoms with Gasteiger partial charge < -0.3 is 14.4 Å². The van der Waals surface area contributed by atoms with E-state index in [9.17, 15) is 0 Å². The van der Waals surface area contributed by atoms with Crippen LogP contribution in [-0.2, 0) is 0 Å². The van der Waals surface area contributed by atoms with Crippen LogP contribution >= 0.6 is 15.9 Å². The molecule has 0 saturated heterocycles. The number of para-hydroxylation sites is 1. The first-order valence-electron chi connectivity index (χ1n) is 3.24. The van der Waals surface area contributed by atoms with Crippen molar-refractivity contribution < 1.29 is 14.4 Å². The van der Waals surface area contributed by atoms with E-state index >= 15 is 0 Å². The molecule has 1 N–H and O–H groups in total. The van der Waals surface area contributed by atoms with Gasteiger partial charge in [0.2, 0.25) is 0 Å². The number of ether oxygens (including phenoxy) is 1. The van der Waals surface area contributed by atoms with E-state index in [0.717, 1.165) is 4.47 Å². The van der Waals surface area contributed by atoms with Crippen molar-refractivity contribution in [3.05, 3.63) is 22.7 Å². The Morgan fingerprint density at radius 1 is 1.50 bits per heavy atom. The molecular weight excluding hydrogens is 223 g/mol. The summed E-state index contributed by atoms with van der Waals surface area (Å²) in [5.41, 5.74) is 0. The maximum atomic E-state index is 8.41. The number of hydrogen-bond donors (Lipinski definition) is 1. The van der Waals surface area contributed by atoms with Crippen LogP contribution < -0.4 is 9.39 Å². The topological polar surface area (TPSA) is 38.7 Å². The van der Waals surface area contributed by atoms with Gasteiger partial charge in [0, 0.05) is 0 Å². The lowest BCUT2D eigenvalue weighted by molar-refractivity contribution is 0.379. The van der Waals surface area contributed by atoms with Gasteiger partial charge >= 0.3 is 7.69 Å². The largest absolute Gasteiger partial charge is 0.569 e. The van der Waals surface area contributed by atoms with Gasteiger partial charge in [0.1, 0.15) is 5.75 Å². The van der Waals surface area contributed by atoms with Crippen molar-refractivity contribution in [1.29, 1.82) is 0 Å². The number of benzene rings is 1. The highest BCUT2D eigenvalue weighted by Gasteiger charge is 2.07. The molecule has 0 spiro atoms. The van der Waals surface area contributed by atoms with Crippen LogP contribution in [0.15, 0.2) is 22.7 Å². The lowest BCUT2D eigenvalue weighted by Crippen LogP contribution is -2.01. The van der Waals surface area contributed by atoms with Crippen LogP contribution in [0.1, 0.15) is 0 Å². The summed E-state index contributed by atoms with van der Waals surface area (Å²) in [6.45, 7) is 0. The van der Waals surface area contributed by atoms with Crippen molar-refractivity contribution in [3.8, 4) is 11.5 Å². The van der Waals surface area contributed by atoms with E-state index in [2.05, 4.69) is 15.9 Å². The van der Waals surface area contributed by atoms with Gasteiger partial charge in [-0.05, 0) is 28.1 Å². The van der Waals surface area contributed by atoms with E-state index < -0.39 is 0 Å². The SMILES string of the molecule is COc1c(Br)cccc1O[B]O. The number of hydrogen-bond acceptors (Lipinski definition) is 3. The third-order valence-electron chi connectivity index (χ3n) is 1.31. The summed E-state index contributed by atoms with van der Waals surface area (Å²) in [7, 11) is 2.15. The maximum absolute atomic E-state index is 8.41. The van der Waals surface area contributed by atoms with Crippen molar-refractivity contribution >= 4 is 23.6 Å². The Kier molecular flexibility index (Phi) is 3.43. The molecule has 1 rings (SSSR count). The average molecular weight is 230 g/mol. The molecule has 0 saturated carbocycles. The Balaban J connectivity index is 3.00. The minimum atomic E-state index is 0.467. The highest BCUT2D eigenvalue weighted by atomic mass is 79.9. The monoisotopic (exact) mass is 229 g/mol. The van der Waals surface area contributed by atoms with E-state index in [4.69, 9.17) is 14.4 Å². The molecule has 5 heteroatoms. The minimum absolute atomic E-state index is 0.467. The second-order valence-electron chi connectivity index (χ2n) is 1.99. The number of halogens is 1. The smallest absolute Gasteiger partial charge is 0.535 e. The van der Waals surface area contributed by atoms with Crippen LogP contribution in [0, 0.1) is 0 Å². The molecule has 0 heterocycles.